The number of anilines is 1. The van der Waals surface area contributed by atoms with Crippen LogP contribution < -0.4 is 10.6 Å². The number of nitrogen functional groups attached to an aromatic ring is 1. The van der Waals surface area contributed by atoms with Crippen molar-refractivity contribution in [3.05, 3.63) is 29.8 Å². The Morgan fingerprint density at radius 3 is 2.21 bits per heavy atom. The van der Waals surface area contributed by atoms with Gasteiger partial charge in [-0.1, -0.05) is 0 Å². The maximum Gasteiger partial charge on any atom is 0.305 e. The third kappa shape index (κ3) is 4.82. The number of carbonyl (C=O) groups excluding carboxylic acids is 2. The summed E-state index contributed by atoms with van der Waals surface area (Å²) in [5.74, 6) is 0.601. The van der Waals surface area contributed by atoms with E-state index in [9.17, 15) is 9.59 Å². The second-order valence-corrected chi connectivity index (χ2v) is 7.77. The fraction of sp³-hybridized carbons (Fsp3) is 0.571. The highest BCUT2D eigenvalue weighted by Crippen LogP contribution is 2.27. The van der Waals surface area contributed by atoms with Gasteiger partial charge in [0.25, 0.3) is 0 Å². The number of likely N-dealkylation sites (tertiary alicyclic amines) is 1. The number of esters is 1. The fourth-order valence-corrected chi connectivity index (χ4v) is 4.17. The molecule has 0 saturated carbocycles. The zero-order valence-corrected chi connectivity index (χ0v) is 16.5. The van der Waals surface area contributed by atoms with Gasteiger partial charge in [-0.2, -0.15) is 0 Å². The molecule has 7 heteroatoms. The zero-order valence-electron chi connectivity index (χ0n) is 16.5. The molecular formula is C21H30N4O3. The predicted octanol–water partition coefficient (Wildman–Crippen LogP) is 1.99. The van der Waals surface area contributed by atoms with Crippen LogP contribution in [0.1, 0.15) is 37.7 Å². The first-order valence-corrected chi connectivity index (χ1v) is 10.0. The first-order chi connectivity index (χ1) is 13.5. The van der Waals surface area contributed by atoms with Crippen LogP contribution in [0.2, 0.25) is 0 Å². The van der Waals surface area contributed by atoms with Gasteiger partial charge in [-0.05, 0) is 55.9 Å². The summed E-state index contributed by atoms with van der Waals surface area (Å²) in [5.41, 5.74) is 7.35. The van der Waals surface area contributed by atoms with Crippen LogP contribution in [-0.2, 0) is 14.3 Å². The molecule has 1 aromatic rings. The van der Waals surface area contributed by atoms with E-state index in [0.717, 1.165) is 63.1 Å². The molecule has 0 radical (unpaired) electrons. The third-order valence-electron chi connectivity index (χ3n) is 6.00. The van der Waals surface area contributed by atoms with Gasteiger partial charge in [0, 0.05) is 49.8 Å². The lowest BCUT2D eigenvalue weighted by Gasteiger charge is -2.38. The van der Waals surface area contributed by atoms with Crippen molar-refractivity contribution in [1.82, 2.24) is 4.90 Å². The normalized spacial score (nSPS) is 18.8. The van der Waals surface area contributed by atoms with Gasteiger partial charge < -0.3 is 20.3 Å². The number of carbonyl (C=O) groups is 2. The van der Waals surface area contributed by atoms with Crippen LogP contribution in [0.25, 0.3) is 0 Å². The fourth-order valence-electron chi connectivity index (χ4n) is 4.17. The molecule has 0 aromatic heterocycles. The highest BCUT2D eigenvalue weighted by molar-refractivity contribution is 5.95. The van der Waals surface area contributed by atoms with E-state index in [-0.39, 0.29) is 23.6 Å². The molecule has 0 aliphatic carbocycles. The van der Waals surface area contributed by atoms with E-state index in [2.05, 4.69) is 4.90 Å². The Morgan fingerprint density at radius 2 is 1.68 bits per heavy atom. The summed E-state index contributed by atoms with van der Waals surface area (Å²) >= 11 is 0. The summed E-state index contributed by atoms with van der Waals surface area (Å²) in [6.45, 7) is 3.20. The largest absolute Gasteiger partial charge is 0.469 e. The number of benzene rings is 1. The summed E-state index contributed by atoms with van der Waals surface area (Å²) in [6, 6.07) is 7.72. The predicted molar refractivity (Wildman–Crippen MR) is 108 cm³/mol. The van der Waals surface area contributed by atoms with E-state index in [1.54, 1.807) is 0 Å². The monoisotopic (exact) mass is 386 g/mol. The lowest BCUT2D eigenvalue weighted by Crippen LogP contribution is -2.45. The molecule has 0 bridgehead atoms. The van der Waals surface area contributed by atoms with Gasteiger partial charge in [-0.25, -0.2) is 0 Å². The van der Waals surface area contributed by atoms with Crippen LogP contribution in [0.3, 0.4) is 0 Å². The highest BCUT2D eigenvalue weighted by atomic mass is 16.5. The van der Waals surface area contributed by atoms with Crippen LogP contribution in [0.15, 0.2) is 24.3 Å². The first kappa shape index (κ1) is 20.2. The molecule has 152 valence electrons. The number of nitrogens with zero attached hydrogens (tertiary/aromatic N) is 2. The summed E-state index contributed by atoms with van der Waals surface area (Å²) in [6.07, 6.45) is 3.93. The van der Waals surface area contributed by atoms with E-state index >= 15 is 0 Å². The second-order valence-electron chi connectivity index (χ2n) is 7.77. The smallest absolute Gasteiger partial charge is 0.305 e. The molecule has 3 rings (SSSR count). The van der Waals surface area contributed by atoms with Gasteiger partial charge in [-0.3, -0.25) is 15.0 Å². The van der Waals surface area contributed by atoms with Crippen molar-refractivity contribution in [2.45, 2.75) is 32.1 Å². The van der Waals surface area contributed by atoms with E-state index < -0.39 is 0 Å². The number of hydrogen-bond donors (Lipinski definition) is 2. The molecule has 1 amide bonds. The highest BCUT2D eigenvalue weighted by Gasteiger charge is 2.31. The zero-order chi connectivity index (χ0) is 20.1. The molecular weight excluding hydrogens is 356 g/mol. The molecule has 0 atom stereocenters. The number of ether oxygens (including phenoxy) is 1. The maximum atomic E-state index is 12.9. The Hall–Kier alpha value is -2.57. The average Bonchev–Trinajstić information content (AvgIpc) is 2.74. The van der Waals surface area contributed by atoms with E-state index in [1.165, 1.54) is 7.11 Å². The first-order valence-electron chi connectivity index (χ1n) is 10.0. The molecule has 0 spiro atoms. The van der Waals surface area contributed by atoms with E-state index in [0.29, 0.717) is 12.3 Å². The summed E-state index contributed by atoms with van der Waals surface area (Å²) in [5, 5.41) is 7.48. The quantitative estimate of drug-likeness (QED) is 0.458. The van der Waals surface area contributed by atoms with Gasteiger partial charge in [0.05, 0.1) is 7.11 Å². The molecule has 2 aliphatic heterocycles. The van der Waals surface area contributed by atoms with Crippen molar-refractivity contribution >= 4 is 23.4 Å². The van der Waals surface area contributed by atoms with Gasteiger partial charge in [0.15, 0.2) is 0 Å². The molecule has 2 saturated heterocycles. The number of amidine groups is 1. The number of nitrogens with one attached hydrogen (secondary N) is 1. The van der Waals surface area contributed by atoms with Crippen molar-refractivity contribution in [2.75, 3.05) is 38.2 Å². The molecule has 1 aromatic carbocycles. The minimum Gasteiger partial charge on any atom is -0.469 e. The SMILES string of the molecule is COC(=O)CC1CCN(C(=O)C2CCN(c3ccc(C(=N)N)cc3)CC2)CC1. The molecule has 7 nitrogen and oxygen atoms in total. The van der Waals surface area contributed by atoms with Gasteiger partial charge in [-0.15, -0.1) is 0 Å². The second kappa shape index (κ2) is 9.08. The van der Waals surface area contributed by atoms with Crippen LogP contribution in [-0.4, -0.2) is 55.9 Å². The molecule has 0 unspecified atom stereocenters. The Kier molecular flexibility index (Phi) is 6.54. The molecule has 2 fully saturated rings. The summed E-state index contributed by atoms with van der Waals surface area (Å²) in [7, 11) is 1.42. The van der Waals surface area contributed by atoms with Crippen molar-refractivity contribution in [3.63, 3.8) is 0 Å². The van der Waals surface area contributed by atoms with Gasteiger partial charge >= 0.3 is 5.97 Å². The Morgan fingerprint density at radius 1 is 1.07 bits per heavy atom. The maximum absolute atomic E-state index is 12.9. The number of hydrogen-bond acceptors (Lipinski definition) is 5. The summed E-state index contributed by atoms with van der Waals surface area (Å²) < 4.78 is 4.75. The Balaban J connectivity index is 1.46. The number of piperidine rings is 2. The van der Waals surface area contributed by atoms with Crippen LogP contribution in [0.5, 0.6) is 0 Å². The minimum absolute atomic E-state index is 0.0752. The van der Waals surface area contributed by atoms with Crippen LogP contribution >= 0.6 is 0 Å². The van der Waals surface area contributed by atoms with Crippen molar-refractivity contribution in [2.24, 2.45) is 17.6 Å². The number of methoxy groups -OCH3 is 1. The van der Waals surface area contributed by atoms with E-state index in [1.807, 2.05) is 29.2 Å². The van der Waals surface area contributed by atoms with Crippen molar-refractivity contribution in [1.29, 1.82) is 5.41 Å². The van der Waals surface area contributed by atoms with Crippen molar-refractivity contribution in [3.8, 4) is 0 Å². The molecule has 3 N–H and O–H groups in total. The third-order valence-corrected chi connectivity index (χ3v) is 6.00. The molecule has 2 heterocycles. The molecule has 2 aliphatic rings. The standard InChI is InChI=1S/C21H30N4O3/c1-28-19(26)14-15-6-10-25(11-7-15)21(27)17-8-12-24(13-9-17)18-4-2-16(3-5-18)20(22)23/h2-5,15,17H,6-14H2,1H3,(H3,22,23). The van der Waals surface area contributed by atoms with Crippen LogP contribution in [0, 0.1) is 17.2 Å². The average molecular weight is 386 g/mol. The van der Waals surface area contributed by atoms with E-state index in [4.69, 9.17) is 15.9 Å². The molecule has 28 heavy (non-hydrogen) atoms. The minimum atomic E-state index is -0.159. The Bertz CT molecular complexity index is 703. The Labute approximate surface area is 166 Å². The number of rotatable bonds is 5. The number of nitrogens with two attached hydrogens (primary N) is 1. The van der Waals surface area contributed by atoms with Crippen LogP contribution in [0.4, 0.5) is 5.69 Å². The number of amides is 1. The van der Waals surface area contributed by atoms with Gasteiger partial charge in [0.1, 0.15) is 5.84 Å². The topological polar surface area (TPSA) is 99.7 Å². The lowest BCUT2D eigenvalue weighted by molar-refractivity contribution is -0.142. The van der Waals surface area contributed by atoms with Crippen molar-refractivity contribution < 1.29 is 14.3 Å². The van der Waals surface area contributed by atoms with Gasteiger partial charge in [0.2, 0.25) is 5.91 Å². The summed E-state index contributed by atoms with van der Waals surface area (Å²) in [4.78, 5) is 28.6. The lowest BCUT2D eigenvalue weighted by atomic mass is 9.90.